The van der Waals surface area contributed by atoms with E-state index in [0.29, 0.717) is 12.1 Å². The van der Waals surface area contributed by atoms with E-state index in [9.17, 15) is 9.90 Å². The second-order valence-corrected chi connectivity index (χ2v) is 3.89. The Morgan fingerprint density at radius 2 is 2.44 bits per heavy atom. The Balaban J connectivity index is 2.28. The number of aryl methyl sites for hydroxylation is 1. The summed E-state index contributed by atoms with van der Waals surface area (Å²) in [4.78, 5) is 15.3. The highest BCUT2D eigenvalue weighted by Crippen LogP contribution is 2.27. The van der Waals surface area contributed by atoms with Crippen LogP contribution in [-0.4, -0.2) is 38.6 Å². The van der Waals surface area contributed by atoms with Crippen molar-refractivity contribution in [3.63, 3.8) is 0 Å². The van der Waals surface area contributed by atoms with Crippen molar-refractivity contribution in [3.05, 3.63) is 28.4 Å². The summed E-state index contributed by atoms with van der Waals surface area (Å²) in [6.07, 6.45) is -0.106. The maximum absolute atomic E-state index is 11.6. The lowest BCUT2D eigenvalue weighted by Gasteiger charge is -2.16. The van der Waals surface area contributed by atoms with Crippen molar-refractivity contribution < 1.29 is 14.9 Å². The van der Waals surface area contributed by atoms with E-state index in [0.717, 1.165) is 0 Å². The molecule has 0 saturated carbocycles. The average Bonchev–Trinajstić information content (AvgIpc) is 2.60. The molecule has 2 rings (SSSR count). The number of aromatic nitrogens is 2. The topological polar surface area (TPSA) is 84.6 Å². The number of aliphatic hydroxyl groups is 2. The van der Waals surface area contributed by atoms with E-state index in [1.807, 2.05) is 0 Å². The van der Waals surface area contributed by atoms with Crippen molar-refractivity contribution in [2.45, 2.75) is 31.8 Å². The molecular weight excluding hydrogens is 212 g/mol. The zero-order chi connectivity index (χ0) is 11.7. The first-order valence-corrected chi connectivity index (χ1v) is 5.12. The van der Waals surface area contributed by atoms with Crippen molar-refractivity contribution in [2.75, 3.05) is 6.61 Å². The third kappa shape index (κ3) is 1.99. The van der Waals surface area contributed by atoms with Crippen molar-refractivity contribution in [2.24, 2.45) is 0 Å². The Labute approximate surface area is 92.1 Å². The van der Waals surface area contributed by atoms with E-state index < -0.39 is 24.1 Å². The maximum atomic E-state index is 11.6. The van der Waals surface area contributed by atoms with Crippen LogP contribution >= 0.6 is 0 Å². The fourth-order valence-electron chi connectivity index (χ4n) is 1.79. The van der Waals surface area contributed by atoms with Crippen molar-refractivity contribution in [1.82, 2.24) is 9.55 Å². The van der Waals surface area contributed by atoms with Crippen LogP contribution in [-0.2, 0) is 4.74 Å². The molecule has 0 amide bonds. The van der Waals surface area contributed by atoms with Crippen LogP contribution in [0, 0.1) is 6.92 Å². The molecule has 16 heavy (non-hydrogen) atoms. The lowest BCUT2D eigenvalue weighted by atomic mass is 10.2. The monoisotopic (exact) mass is 226 g/mol. The Morgan fingerprint density at radius 1 is 1.69 bits per heavy atom. The van der Waals surface area contributed by atoms with E-state index >= 15 is 0 Å². The van der Waals surface area contributed by atoms with Crippen LogP contribution in [0.3, 0.4) is 0 Å². The molecule has 0 aromatic carbocycles. The van der Waals surface area contributed by atoms with Crippen LogP contribution in [0.25, 0.3) is 0 Å². The zero-order valence-corrected chi connectivity index (χ0v) is 8.91. The Kier molecular flexibility index (Phi) is 3.04. The Morgan fingerprint density at radius 3 is 3.00 bits per heavy atom. The summed E-state index contributed by atoms with van der Waals surface area (Å²) in [7, 11) is 0. The summed E-state index contributed by atoms with van der Waals surface area (Å²) in [6, 6.07) is 1.67. The lowest BCUT2D eigenvalue weighted by molar-refractivity contribution is -0.0530. The van der Waals surface area contributed by atoms with Gasteiger partial charge >= 0.3 is 5.69 Å². The minimum atomic E-state index is -0.792. The molecule has 6 heteroatoms. The molecule has 1 aromatic rings. The third-order valence-electron chi connectivity index (χ3n) is 2.61. The van der Waals surface area contributed by atoms with E-state index in [2.05, 4.69) is 4.98 Å². The van der Waals surface area contributed by atoms with Gasteiger partial charge in [0.2, 0.25) is 0 Å². The first-order chi connectivity index (χ1) is 7.61. The smallest absolute Gasteiger partial charge is 0.349 e. The number of ether oxygens (including phenoxy) is 1. The molecule has 0 aliphatic carbocycles. The summed E-state index contributed by atoms with van der Waals surface area (Å²) < 4.78 is 6.60. The van der Waals surface area contributed by atoms with Gasteiger partial charge < -0.3 is 14.9 Å². The van der Waals surface area contributed by atoms with Crippen LogP contribution in [0.4, 0.5) is 0 Å². The van der Waals surface area contributed by atoms with Gasteiger partial charge in [0.05, 0.1) is 12.7 Å². The molecule has 88 valence electrons. The molecule has 1 fully saturated rings. The van der Waals surface area contributed by atoms with Crippen LogP contribution in [0.5, 0.6) is 0 Å². The lowest BCUT2D eigenvalue weighted by Crippen LogP contribution is -2.31. The maximum Gasteiger partial charge on any atom is 0.349 e. The van der Waals surface area contributed by atoms with Crippen molar-refractivity contribution in [3.8, 4) is 0 Å². The molecule has 0 bridgehead atoms. The summed E-state index contributed by atoms with van der Waals surface area (Å²) >= 11 is 0. The highest BCUT2D eigenvalue weighted by molar-refractivity contribution is 4.97. The molecular formula is C10H14N2O4. The SMILES string of the molecule is Cc1ccn(C2OC(CO)CC2O)c(=O)n1. The van der Waals surface area contributed by atoms with Gasteiger partial charge in [-0.2, -0.15) is 4.98 Å². The number of aliphatic hydroxyl groups excluding tert-OH is 2. The van der Waals surface area contributed by atoms with Crippen LogP contribution in [0.15, 0.2) is 17.1 Å². The molecule has 0 spiro atoms. The molecule has 1 aromatic heterocycles. The van der Waals surface area contributed by atoms with Gasteiger partial charge in [0.15, 0.2) is 6.23 Å². The van der Waals surface area contributed by atoms with Gasteiger partial charge in [0.1, 0.15) is 6.10 Å². The normalized spacial score (nSPS) is 29.6. The van der Waals surface area contributed by atoms with Gasteiger partial charge in [-0.3, -0.25) is 4.57 Å². The van der Waals surface area contributed by atoms with E-state index in [-0.39, 0.29) is 6.61 Å². The van der Waals surface area contributed by atoms with Crippen LogP contribution in [0.2, 0.25) is 0 Å². The van der Waals surface area contributed by atoms with Gasteiger partial charge in [-0.25, -0.2) is 4.79 Å². The largest absolute Gasteiger partial charge is 0.394 e. The predicted molar refractivity (Wildman–Crippen MR) is 54.9 cm³/mol. The number of rotatable bonds is 2. The van der Waals surface area contributed by atoms with Crippen LogP contribution in [0.1, 0.15) is 18.3 Å². The van der Waals surface area contributed by atoms with Gasteiger partial charge in [0, 0.05) is 18.3 Å². The average molecular weight is 226 g/mol. The van der Waals surface area contributed by atoms with Gasteiger partial charge in [-0.05, 0) is 13.0 Å². The molecule has 1 saturated heterocycles. The molecule has 0 radical (unpaired) electrons. The minimum Gasteiger partial charge on any atom is -0.394 e. The second kappa shape index (κ2) is 4.32. The van der Waals surface area contributed by atoms with Gasteiger partial charge in [-0.1, -0.05) is 0 Å². The van der Waals surface area contributed by atoms with Crippen molar-refractivity contribution >= 4 is 0 Å². The Bertz CT molecular complexity index is 431. The number of hydrogen-bond acceptors (Lipinski definition) is 5. The van der Waals surface area contributed by atoms with E-state index in [4.69, 9.17) is 9.84 Å². The molecule has 1 aliphatic rings. The fourth-order valence-corrected chi connectivity index (χ4v) is 1.79. The number of nitrogens with zero attached hydrogens (tertiary/aromatic N) is 2. The first-order valence-electron chi connectivity index (χ1n) is 5.12. The molecule has 6 nitrogen and oxygen atoms in total. The zero-order valence-electron chi connectivity index (χ0n) is 8.91. The van der Waals surface area contributed by atoms with Gasteiger partial charge in [0.25, 0.3) is 0 Å². The second-order valence-electron chi connectivity index (χ2n) is 3.89. The Hall–Kier alpha value is -1.24. The van der Waals surface area contributed by atoms with Gasteiger partial charge in [-0.15, -0.1) is 0 Å². The highest BCUT2D eigenvalue weighted by atomic mass is 16.5. The third-order valence-corrected chi connectivity index (χ3v) is 2.61. The molecule has 2 N–H and O–H groups in total. The summed E-state index contributed by atoms with van der Waals surface area (Å²) in [5.41, 5.74) is 0.162. The van der Waals surface area contributed by atoms with Crippen LogP contribution < -0.4 is 5.69 Å². The summed E-state index contributed by atoms with van der Waals surface area (Å²) in [5.74, 6) is 0. The highest BCUT2D eigenvalue weighted by Gasteiger charge is 2.35. The van der Waals surface area contributed by atoms with Crippen molar-refractivity contribution in [1.29, 1.82) is 0 Å². The minimum absolute atomic E-state index is 0.165. The molecule has 3 atom stereocenters. The molecule has 1 aliphatic heterocycles. The predicted octanol–water partition coefficient (Wildman–Crippen LogP) is -0.808. The standard InChI is InChI=1S/C10H14N2O4/c1-6-2-3-12(10(15)11-6)9-8(14)4-7(5-13)16-9/h2-3,7-9,13-14H,4-5H2,1H3. The molecule has 3 unspecified atom stereocenters. The quantitative estimate of drug-likeness (QED) is 0.689. The number of hydrogen-bond donors (Lipinski definition) is 2. The fraction of sp³-hybridized carbons (Fsp3) is 0.600. The summed E-state index contributed by atoms with van der Waals surface area (Å²) in [6.45, 7) is 1.55. The summed E-state index contributed by atoms with van der Waals surface area (Å²) in [5, 5.41) is 18.6. The first kappa shape index (κ1) is 11.3. The molecule has 2 heterocycles. The van der Waals surface area contributed by atoms with E-state index in [1.165, 1.54) is 10.8 Å². The van der Waals surface area contributed by atoms with E-state index in [1.54, 1.807) is 13.0 Å².